The van der Waals surface area contributed by atoms with Gasteiger partial charge in [0.2, 0.25) is 5.58 Å². The Labute approximate surface area is 172 Å². The van der Waals surface area contributed by atoms with E-state index in [1.54, 1.807) is 0 Å². The molecule has 1 saturated heterocycles. The standard InChI is InChI=1S/C20H26BrN5O2/c1-24(2)6-3-7-25-8-10-26(11-9-25)13-17-22-18-15-12-14(21)4-5-16(15)28-19(18)20(27)23-17/h4-5,12H,3,6-11,13H2,1-2H3,(H,22,23,27). The van der Waals surface area contributed by atoms with E-state index in [9.17, 15) is 4.79 Å². The Kier molecular flexibility index (Phi) is 5.82. The third-order valence-electron chi connectivity index (χ3n) is 5.25. The Hall–Kier alpha value is -1.74. The van der Waals surface area contributed by atoms with E-state index in [1.165, 1.54) is 6.42 Å². The molecule has 1 aromatic carbocycles. The number of hydrogen-bond donors (Lipinski definition) is 1. The zero-order valence-corrected chi connectivity index (χ0v) is 18.0. The largest absolute Gasteiger partial charge is 0.449 e. The summed E-state index contributed by atoms with van der Waals surface area (Å²) in [5.41, 5.74) is 1.40. The first kappa shape index (κ1) is 19.6. The fraction of sp³-hybridized carbons (Fsp3) is 0.500. The molecular formula is C20H26BrN5O2. The molecule has 8 heteroatoms. The zero-order valence-electron chi connectivity index (χ0n) is 16.4. The second-order valence-corrected chi connectivity index (χ2v) is 8.62. The molecule has 3 aromatic rings. The number of benzene rings is 1. The number of rotatable bonds is 6. The summed E-state index contributed by atoms with van der Waals surface area (Å²) in [5, 5.41) is 0.863. The van der Waals surface area contributed by atoms with Crippen LogP contribution in [0.5, 0.6) is 0 Å². The number of furan rings is 1. The molecule has 1 aliphatic heterocycles. The lowest BCUT2D eigenvalue weighted by atomic mass is 10.2. The molecule has 0 spiro atoms. The molecule has 28 heavy (non-hydrogen) atoms. The minimum atomic E-state index is -0.213. The first-order chi connectivity index (χ1) is 13.5. The van der Waals surface area contributed by atoms with Crippen molar-refractivity contribution in [3.63, 3.8) is 0 Å². The van der Waals surface area contributed by atoms with Gasteiger partial charge in [-0.05, 0) is 51.8 Å². The van der Waals surface area contributed by atoms with E-state index in [1.807, 2.05) is 18.2 Å². The Morgan fingerprint density at radius 1 is 1.21 bits per heavy atom. The Morgan fingerprint density at radius 2 is 1.96 bits per heavy atom. The second-order valence-electron chi connectivity index (χ2n) is 7.71. The first-order valence-electron chi connectivity index (χ1n) is 9.70. The van der Waals surface area contributed by atoms with Crippen LogP contribution >= 0.6 is 15.9 Å². The molecule has 1 aliphatic rings. The molecule has 150 valence electrons. The van der Waals surface area contributed by atoms with E-state index in [2.05, 4.69) is 49.7 Å². The normalized spacial score (nSPS) is 16.6. The minimum absolute atomic E-state index is 0.213. The summed E-state index contributed by atoms with van der Waals surface area (Å²) >= 11 is 3.48. The van der Waals surface area contributed by atoms with Gasteiger partial charge in [-0.15, -0.1) is 0 Å². The zero-order chi connectivity index (χ0) is 19.7. The minimum Gasteiger partial charge on any atom is -0.449 e. The molecule has 0 radical (unpaired) electrons. The van der Waals surface area contributed by atoms with Crippen LogP contribution in [-0.4, -0.2) is 78.0 Å². The van der Waals surface area contributed by atoms with Crippen LogP contribution in [0.1, 0.15) is 12.2 Å². The predicted octanol–water partition coefficient (Wildman–Crippen LogP) is 2.50. The second kappa shape index (κ2) is 8.32. The Bertz CT molecular complexity index is 1020. The lowest BCUT2D eigenvalue weighted by Gasteiger charge is -2.34. The number of piperazine rings is 1. The van der Waals surface area contributed by atoms with Crippen LogP contribution in [0.15, 0.2) is 31.9 Å². The van der Waals surface area contributed by atoms with E-state index in [0.717, 1.165) is 49.1 Å². The van der Waals surface area contributed by atoms with Crippen LogP contribution < -0.4 is 5.56 Å². The van der Waals surface area contributed by atoms with Crippen molar-refractivity contribution >= 4 is 38.0 Å². The molecule has 1 fully saturated rings. The van der Waals surface area contributed by atoms with Gasteiger partial charge in [0, 0.05) is 36.0 Å². The van der Waals surface area contributed by atoms with Gasteiger partial charge in [-0.25, -0.2) is 4.98 Å². The number of nitrogens with zero attached hydrogens (tertiary/aromatic N) is 4. The SMILES string of the molecule is CN(C)CCCN1CCN(Cc2nc3c(oc4ccc(Br)cc43)c(=O)[nH]2)CC1. The van der Waals surface area contributed by atoms with E-state index >= 15 is 0 Å². The van der Waals surface area contributed by atoms with E-state index in [0.29, 0.717) is 29.1 Å². The predicted molar refractivity (Wildman–Crippen MR) is 115 cm³/mol. The summed E-state index contributed by atoms with van der Waals surface area (Å²) in [6, 6.07) is 5.71. The van der Waals surface area contributed by atoms with Crippen LogP contribution in [0.25, 0.3) is 22.1 Å². The van der Waals surface area contributed by atoms with Gasteiger partial charge >= 0.3 is 0 Å². The molecule has 0 aliphatic carbocycles. The van der Waals surface area contributed by atoms with Gasteiger partial charge in [-0.2, -0.15) is 0 Å². The topological polar surface area (TPSA) is 68.6 Å². The van der Waals surface area contributed by atoms with Crippen molar-refractivity contribution in [3.8, 4) is 0 Å². The number of aromatic amines is 1. The van der Waals surface area contributed by atoms with Crippen LogP contribution in [0.4, 0.5) is 0 Å². The summed E-state index contributed by atoms with van der Waals surface area (Å²) in [6.45, 7) is 7.01. The van der Waals surface area contributed by atoms with E-state index < -0.39 is 0 Å². The summed E-state index contributed by atoms with van der Waals surface area (Å²) < 4.78 is 6.64. The van der Waals surface area contributed by atoms with E-state index in [4.69, 9.17) is 9.40 Å². The fourth-order valence-corrected chi connectivity index (χ4v) is 4.10. The maximum Gasteiger partial charge on any atom is 0.294 e. The lowest BCUT2D eigenvalue weighted by molar-refractivity contribution is 0.122. The van der Waals surface area contributed by atoms with Gasteiger partial charge in [-0.1, -0.05) is 15.9 Å². The number of aromatic nitrogens is 2. The van der Waals surface area contributed by atoms with Crippen molar-refractivity contribution in [1.82, 2.24) is 24.7 Å². The molecule has 0 atom stereocenters. The van der Waals surface area contributed by atoms with Crippen molar-refractivity contribution in [2.75, 3.05) is 53.4 Å². The number of hydrogen-bond acceptors (Lipinski definition) is 6. The number of H-pyrrole nitrogens is 1. The molecule has 4 rings (SSSR count). The quantitative estimate of drug-likeness (QED) is 0.625. The Morgan fingerprint density at radius 3 is 2.71 bits per heavy atom. The van der Waals surface area contributed by atoms with Crippen molar-refractivity contribution < 1.29 is 4.42 Å². The Balaban J connectivity index is 1.45. The molecule has 7 nitrogen and oxygen atoms in total. The fourth-order valence-electron chi connectivity index (χ4n) is 3.74. The molecule has 3 heterocycles. The molecule has 0 saturated carbocycles. The number of halogens is 1. The summed E-state index contributed by atoms with van der Waals surface area (Å²) in [6.07, 6.45) is 1.20. The third-order valence-corrected chi connectivity index (χ3v) is 5.75. The van der Waals surface area contributed by atoms with Gasteiger partial charge < -0.3 is 19.2 Å². The smallest absolute Gasteiger partial charge is 0.294 e. The highest BCUT2D eigenvalue weighted by atomic mass is 79.9. The van der Waals surface area contributed by atoms with Gasteiger partial charge in [0.15, 0.2) is 0 Å². The summed E-state index contributed by atoms with van der Waals surface area (Å²) in [4.78, 5) is 27.2. The average molecular weight is 448 g/mol. The maximum atomic E-state index is 12.5. The molecule has 1 N–H and O–H groups in total. The third kappa shape index (κ3) is 4.30. The van der Waals surface area contributed by atoms with Gasteiger partial charge in [-0.3, -0.25) is 9.69 Å². The highest BCUT2D eigenvalue weighted by Crippen LogP contribution is 2.27. The first-order valence-corrected chi connectivity index (χ1v) is 10.5. The maximum absolute atomic E-state index is 12.5. The molecule has 0 bridgehead atoms. The molecular weight excluding hydrogens is 422 g/mol. The van der Waals surface area contributed by atoms with Crippen LogP contribution in [0.2, 0.25) is 0 Å². The van der Waals surface area contributed by atoms with Crippen LogP contribution in [0.3, 0.4) is 0 Å². The monoisotopic (exact) mass is 447 g/mol. The van der Waals surface area contributed by atoms with Gasteiger partial charge in [0.1, 0.15) is 16.9 Å². The molecule has 0 unspecified atom stereocenters. The highest BCUT2D eigenvalue weighted by Gasteiger charge is 2.19. The van der Waals surface area contributed by atoms with Crippen LogP contribution in [-0.2, 0) is 6.54 Å². The highest BCUT2D eigenvalue weighted by molar-refractivity contribution is 9.10. The summed E-state index contributed by atoms with van der Waals surface area (Å²) in [5.74, 6) is 0.696. The summed E-state index contributed by atoms with van der Waals surface area (Å²) in [7, 11) is 4.23. The molecule has 0 amide bonds. The number of nitrogens with one attached hydrogen (secondary N) is 1. The van der Waals surface area contributed by atoms with Crippen molar-refractivity contribution in [2.24, 2.45) is 0 Å². The van der Waals surface area contributed by atoms with Gasteiger partial charge in [0.05, 0.1) is 6.54 Å². The van der Waals surface area contributed by atoms with Crippen molar-refractivity contribution in [3.05, 3.63) is 38.9 Å². The van der Waals surface area contributed by atoms with Gasteiger partial charge in [0.25, 0.3) is 5.56 Å². The molecule has 2 aromatic heterocycles. The van der Waals surface area contributed by atoms with Crippen molar-refractivity contribution in [2.45, 2.75) is 13.0 Å². The number of fused-ring (bicyclic) bond motifs is 3. The average Bonchev–Trinajstić information content (AvgIpc) is 3.01. The van der Waals surface area contributed by atoms with Crippen molar-refractivity contribution in [1.29, 1.82) is 0 Å². The lowest BCUT2D eigenvalue weighted by Crippen LogP contribution is -2.46. The van der Waals surface area contributed by atoms with Crippen LogP contribution in [0, 0.1) is 0 Å². The van der Waals surface area contributed by atoms with E-state index in [-0.39, 0.29) is 5.56 Å².